The fourth-order valence-electron chi connectivity index (χ4n) is 4.47. The molecule has 3 aliphatic rings. The van der Waals surface area contributed by atoms with Crippen LogP contribution in [0.4, 0.5) is 0 Å². The van der Waals surface area contributed by atoms with Crippen LogP contribution in [0.25, 0.3) is 0 Å². The molecule has 4 unspecified atom stereocenters. The number of amides is 2. The van der Waals surface area contributed by atoms with Crippen LogP contribution < -0.4 is 16.0 Å². The van der Waals surface area contributed by atoms with Crippen LogP contribution >= 0.6 is 0 Å². The smallest absolute Gasteiger partial charge is 0.233 e. The second-order valence-electron chi connectivity index (χ2n) is 8.78. The quantitative estimate of drug-likeness (QED) is 0.201. The van der Waals surface area contributed by atoms with Crippen molar-refractivity contribution in [2.45, 2.75) is 39.2 Å². The Morgan fingerprint density at radius 1 is 1.07 bits per heavy atom. The van der Waals surface area contributed by atoms with Crippen molar-refractivity contribution in [1.29, 1.82) is 0 Å². The third-order valence-corrected chi connectivity index (χ3v) is 5.71. The van der Waals surface area contributed by atoms with Crippen molar-refractivity contribution in [3.8, 4) is 0 Å². The first-order valence-electron chi connectivity index (χ1n) is 10.0. The third-order valence-electron chi connectivity index (χ3n) is 5.71. The molecule has 150 valence electrons. The van der Waals surface area contributed by atoms with E-state index in [2.05, 4.69) is 53.9 Å². The predicted molar refractivity (Wildman–Crippen MR) is 106 cm³/mol. The summed E-state index contributed by atoms with van der Waals surface area (Å²) in [5.41, 5.74) is 0.0979. The number of hydrogen-bond acceptors (Lipinski definition) is 4. The SMILES string of the molecule is CN=C(NCCCN1C(=O)C2C3C=CC(C3)C2C1=O)NCCNC(C)(C)C. The van der Waals surface area contributed by atoms with Crippen LogP contribution in [0.15, 0.2) is 17.1 Å². The fourth-order valence-corrected chi connectivity index (χ4v) is 4.47. The molecule has 1 aliphatic heterocycles. The van der Waals surface area contributed by atoms with E-state index < -0.39 is 0 Å². The summed E-state index contributed by atoms with van der Waals surface area (Å²) >= 11 is 0. The number of guanidine groups is 1. The zero-order chi connectivity index (χ0) is 19.6. The average molecular weight is 376 g/mol. The number of aliphatic imine (C=N–C) groups is 1. The molecule has 0 spiro atoms. The van der Waals surface area contributed by atoms with Crippen molar-refractivity contribution < 1.29 is 9.59 Å². The molecule has 2 aliphatic carbocycles. The van der Waals surface area contributed by atoms with E-state index in [0.29, 0.717) is 13.1 Å². The Morgan fingerprint density at radius 2 is 1.67 bits per heavy atom. The average Bonchev–Trinajstić information content (AvgIpc) is 3.28. The molecular weight excluding hydrogens is 342 g/mol. The van der Waals surface area contributed by atoms with Crippen LogP contribution in [-0.2, 0) is 9.59 Å². The molecule has 4 atom stereocenters. The van der Waals surface area contributed by atoms with Gasteiger partial charge in [0.2, 0.25) is 11.8 Å². The van der Waals surface area contributed by atoms with Crippen molar-refractivity contribution in [3.63, 3.8) is 0 Å². The lowest BCUT2D eigenvalue weighted by Crippen LogP contribution is -2.45. The lowest BCUT2D eigenvalue weighted by Gasteiger charge is -2.21. The maximum Gasteiger partial charge on any atom is 0.233 e. The highest BCUT2D eigenvalue weighted by molar-refractivity contribution is 6.06. The number of nitrogens with zero attached hydrogens (tertiary/aromatic N) is 2. The summed E-state index contributed by atoms with van der Waals surface area (Å²) < 4.78 is 0. The minimum absolute atomic E-state index is 0.0395. The predicted octanol–water partition coefficient (Wildman–Crippen LogP) is 0.737. The summed E-state index contributed by atoms with van der Waals surface area (Å²) in [5, 5.41) is 9.93. The van der Waals surface area contributed by atoms with Crippen molar-refractivity contribution in [2.75, 3.05) is 33.2 Å². The summed E-state index contributed by atoms with van der Waals surface area (Å²) in [6, 6.07) is 0. The van der Waals surface area contributed by atoms with E-state index in [-0.39, 0.29) is 41.0 Å². The van der Waals surface area contributed by atoms with Crippen molar-refractivity contribution in [2.24, 2.45) is 28.7 Å². The first-order valence-corrected chi connectivity index (χ1v) is 10.0. The molecule has 7 nitrogen and oxygen atoms in total. The number of fused-ring (bicyclic) bond motifs is 5. The Morgan fingerprint density at radius 3 is 2.22 bits per heavy atom. The first kappa shape index (κ1) is 19.9. The number of hydrogen-bond donors (Lipinski definition) is 3. The van der Waals surface area contributed by atoms with Crippen molar-refractivity contribution in [3.05, 3.63) is 12.2 Å². The Balaban J connectivity index is 1.36. The maximum atomic E-state index is 12.6. The first-order chi connectivity index (χ1) is 12.8. The summed E-state index contributed by atoms with van der Waals surface area (Å²) in [7, 11) is 1.74. The third kappa shape index (κ3) is 4.34. The van der Waals surface area contributed by atoms with Gasteiger partial charge in [-0.25, -0.2) is 0 Å². The van der Waals surface area contributed by atoms with Crippen LogP contribution in [-0.4, -0.2) is 61.4 Å². The molecular formula is C20H33N5O2. The molecule has 27 heavy (non-hydrogen) atoms. The van der Waals surface area contributed by atoms with Crippen LogP contribution in [0.1, 0.15) is 33.6 Å². The number of likely N-dealkylation sites (tertiary alicyclic amines) is 1. The highest BCUT2D eigenvalue weighted by Gasteiger charge is 2.58. The van der Waals surface area contributed by atoms with Gasteiger partial charge in [0.1, 0.15) is 0 Å². The number of carbonyl (C=O) groups excluding carboxylic acids is 2. The topological polar surface area (TPSA) is 85.8 Å². The number of imide groups is 1. The van der Waals surface area contributed by atoms with Crippen LogP contribution in [0.3, 0.4) is 0 Å². The summed E-state index contributed by atoms with van der Waals surface area (Å²) in [4.78, 5) is 31.0. The summed E-state index contributed by atoms with van der Waals surface area (Å²) in [6.45, 7) is 9.19. The van der Waals surface area contributed by atoms with Gasteiger partial charge in [-0.3, -0.25) is 19.5 Å². The van der Waals surface area contributed by atoms with E-state index in [1.807, 2.05) is 0 Å². The molecule has 1 saturated carbocycles. The van der Waals surface area contributed by atoms with E-state index in [0.717, 1.165) is 31.9 Å². The van der Waals surface area contributed by atoms with Crippen LogP contribution in [0.5, 0.6) is 0 Å². The zero-order valence-electron chi connectivity index (χ0n) is 16.9. The van der Waals surface area contributed by atoms with E-state index in [1.165, 1.54) is 4.90 Å². The van der Waals surface area contributed by atoms with E-state index in [1.54, 1.807) is 7.05 Å². The number of allylic oxidation sites excluding steroid dienone is 2. The van der Waals surface area contributed by atoms with Gasteiger partial charge < -0.3 is 16.0 Å². The van der Waals surface area contributed by atoms with Gasteiger partial charge >= 0.3 is 0 Å². The van der Waals surface area contributed by atoms with Crippen LogP contribution in [0.2, 0.25) is 0 Å². The van der Waals surface area contributed by atoms with Crippen LogP contribution in [0, 0.1) is 23.7 Å². The minimum Gasteiger partial charge on any atom is -0.356 e. The molecule has 0 radical (unpaired) electrons. The number of rotatable bonds is 7. The van der Waals surface area contributed by atoms with Gasteiger partial charge in [0, 0.05) is 38.8 Å². The lowest BCUT2D eigenvalue weighted by molar-refractivity contribution is -0.140. The highest BCUT2D eigenvalue weighted by atomic mass is 16.2. The van der Waals surface area contributed by atoms with Gasteiger partial charge in [-0.15, -0.1) is 0 Å². The summed E-state index contributed by atoms with van der Waals surface area (Å²) in [6.07, 6.45) is 5.97. The van der Waals surface area contributed by atoms with Crippen molar-refractivity contribution in [1.82, 2.24) is 20.9 Å². The molecule has 7 heteroatoms. The molecule has 0 aromatic heterocycles. The fraction of sp³-hybridized carbons (Fsp3) is 0.750. The second-order valence-corrected chi connectivity index (χ2v) is 8.78. The molecule has 1 heterocycles. The van der Waals surface area contributed by atoms with Gasteiger partial charge in [0.15, 0.2) is 5.96 Å². The van der Waals surface area contributed by atoms with Gasteiger partial charge in [0.05, 0.1) is 11.8 Å². The Kier molecular flexibility index (Phi) is 5.89. The monoisotopic (exact) mass is 375 g/mol. The van der Waals surface area contributed by atoms with Gasteiger partial charge in [-0.1, -0.05) is 12.2 Å². The largest absolute Gasteiger partial charge is 0.356 e. The normalized spacial score (nSPS) is 29.6. The van der Waals surface area contributed by atoms with Gasteiger partial charge in [-0.2, -0.15) is 0 Å². The molecule has 2 fully saturated rings. The summed E-state index contributed by atoms with van der Waals surface area (Å²) in [5.74, 6) is 1.20. The van der Waals surface area contributed by atoms with Crippen molar-refractivity contribution >= 4 is 17.8 Å². The highest BCUT2D eigenvalue weighted by Crippen LogP contribution is 2.52. The molecule has 1 saturated heterocycles. The molecule has 0 aromatic carbocycles. The van der Waals surface area contributed by atoms with Gasteiger partial charge in [-0.05, 0) is 45.4 Å². The molecule has 2 bridgehead atoms. The van der Waals surface area contributed by atoms with E-state index in [9.17, 15) is 9.59 Å². The number of carbonyl (C=O) groups is 2. The lowest BCUT2D eigenvalue weighted by atomic mass is 9.85. The Hall–Kier alpha value is -1.89. The van der Waals surface area contributed by atoms with Gasteiger partial charge in [0.25, 0.3) is 0 Å². The standard InChI is InChI=1S/C20H33N5O2/c1-20(2,3)24-10-9-23-19(21-4)22-8-5-11-25-17(26)15-13-6-7-14(12-13)16(15)18(25)27/h6-7,13-16,24H,5,8-12H2,1-4H3,(H2,21,22,23). The number of nitrogens with one attached hydrogen (secondary N) is 3. The molecule has 3 N–H and O–H groups in total. The van der Waals surface area contributed by atoms with E-state index >= 15 is 0 Å². The second kappa shape index (κ2) is 8.00. The molecule has 0 aromatic rings. The molecule has 2 amide bonds. The molecule has 3 rings (SSSR count). The maximum absolute atomic E-state index is 12.6. The Bertz CT molecular complexity index is 607. The van der Waals surface area contributed by atoms with E-state index in [4.69, 9.17) is 0 Å². The Labute approximate surface area is 162 Å². The zero-order valence-corrected chi connectivity index (χ0v) is 16.9. The minimum atomic E-state index is -0.0924.